The van der Waals surface area contributed by atoms with Gasteiger partial charge < -0.3 is 9.84 Å². The number of aliphatic hydroxyl groups is 1. The second-order valence-electron chi connectivity index (χ2n) is 10.1. The molecule has 6 nitrogen and oxygen atoms in total. The number of hydrogen-bond donors (Lipinski definition) is 1. The van der Waals surface area contributed by atoms with Crippen molar-refractivity contribution in [1.29, 1.82) is 0 Å². The Kier molecular flexibility index (Phi) is 5.60. The maximum atomic E-state index is 17.0. The number of carbonyl (C=O) groups is 4. The summed E-state index contributed by atoms with van der Waals surface area (Å²) in [6.45, 7) is 4.04. The SMILES string of the molecule is CC(=O)OCC(=O)[C@@]1(O)C(C)CC2C3CCC4=CC(=O)C=C[C@]4(C)[C@@]3(F)C(=O)C[C@@]21CI. The van der Waals surface area contributed by atoms with E-state index in [1.54, 1.807) is 13.8 Å². The number of hydrogen-bond acceptors (Lipinski definition) is 6. The lowest BCUT2D eigenvalue weighted by atomic mass is 9.45. The summed E-state index contributed by atoms with van der Waals surface area (Å²) in [6, 6.07) is 0. The second-order valence-corrected chi connectivity index (χ2v) is 10.8. The predicted molar refractivity (Wildman–Crippen MR) is 122 cm³/mol. The number of carbonyl (C=O) groups excluding carboxylic acids is 4. The molecule has 3 fully saturated rings. The zero-order chi connectivity index (χ0) is 23.7. The van der Waals surface area contributed by atoms with E-state index in [0.29, 0.717) is 29.3 Å². The van der Waals surface area contributed by atoms with Crippen molar-refractivity contribution >= 4 is 45.9 Å². The maximum Gasteiger partial charge on any atom is 0.303 e. The molecule has 0 saturated heterocycles. The average Bonchev–Trinajstić information content (AvgIpc) is 2.96. The first-order chi connectivity index (χ1) is 14.9. The van der Waals surface area contributed by atoms with Crippen LogP contribution >= 0.6 is 22.6 Å². The first-order valence-electron chi connectivity index (χ1n) is 11.0. The first kappa shape index (κ1) is 23.7. The fourth-order valence-corrected chi connectivity index (χ4v) is 8.56. The molecule has 0 amide bonds. The molecular formula is C24H28FIO6. The Hall–Kier alpha value is -1.42. The molecule has 4 aliphatic carbocycles. The molecule has 0 bridgehead atoms. The summed E-state index contributed by atoms with van der Waals surface area (Å²) in [5.41, 5.74) is -5.82. The molecule has 0 aromatic rings. The van der Waals surface area contributed by atoms with E-state index in [2.05, 4.69) is 22.6 Å². The van der Waals surface area contributed by atoms with Crippen LogP contribution in [-0.2, 0) is 23.9 Å². The van der Waals surface area contributed by atoms with Crippen LogP contribution in [0.25, 0.3) is 0 Å². The van der Waals surface area contributed by atoms with Gasteiger partial charge in [-0.2, -0.15) is 0 Å². The highest BCUT2D eigenvalue weighted by molar-refractivity contribution is 14.1. The molecule has 0 heterocycles. The van der Waals surface area contributed by atoms with Crippen LogP contribution in [0.3, 0.4) is 0 Å². The fourth-order valence-electron chi connectivity index (χ4n) is 7.14. The minimum Gasteiger partial charge on any atom is -0.458 e. The van der Waals surface area contributed by atoms with Crippen molar-refractivity contribution in [2.75, 3.05) is 11.0 Å². The molecule has 32 heavy (non-hydrogen) atoms. The van der Waals surface area contributed by atoms with Crippen LogP contribution in [0.15, 0.2) is 23.8 Å². The van der Waals surface area contributed by atoms with Gasteiger partial charge in [-0.05, 0) is 50.2 Å². The number of rotatable bonds is 4. The van der Waals surface area contributed by atoms with Crippen molar-refractivity contribution in [3.63, 3.8) is 0 Å². The van der Waals surface area contributed by atoms with Crippen molar-refractivity contribution < 1.29 is 33.4 Å². The van der Waals surface area contributed by atoms with E-state index in [9.17, 15) is 24.3 Å². The number of allylic oxidation sites excluding steroid dienone is 4. The summed E-state index contributed by atoms with van der Waals surface area (Å²) in [5, 5.41) is 11.8. The number of fused-ring (bicyclic) bond motifs is 5. The molecule has 0 aromatic carbocycles. The standard InChI is InChI=1S/C24H28FIO6/c1-13-8-18-17-5-4-15-9-16(28)6-7-21(15,3)23(17,25)19(29)10-22(18,12-26)24(13,31)20(30)11-32-14(2)27/h6-7,9,13,17-18,31H,4-5,8,10-12H2,1-3H3/t13?,17?,18?,21-,22+,23-,24-/m0/s1. The van der Waals surface area contributed by atoms with Gasteiger partial charge in [-0.1, -0.05) is 41.2 Å². The van der Waals surface area contributed by atoms with Gasteiger partial charge in [0.05, 0.1) is 0 Å². The first-order valence-corrected chi connectivity index (χ1v) is 12.5. The van der Waals surface area contributed by atoms with Crippen molar-refractivity contribution in [3.8, 4) is 0 Å². The lowest BCUT2D eigenvalue weighted by Crippen LogP contribution is -2.69. The van der Waals surface area contributed by atoms with Gasteiger partial charge in [0.2, 0.25) is 5.78 Å². The Morgan fingerprint density at radius 3 is 2.62 bits per heavy atom. The molecule has 0 spiro atoms. The Morgan fingerprint density at radius 1 is 1.31 bits per heavy atom. The zero-order valence-electron chi connectivity index (χ0n) is 18.5. The molecule has 0 radical (unpaired) electrons. The van der Waals surface area contributed by atoms with E-state index >= 15 is 4.39 Å². The van der Waals surface area contributed by atoms with Crippen LogP contribution < -0.4 is 0 Å². The minimum absolute atomic E-state index is 0.204. The summed E-state index contributed by atoms with van der Waals surface area (Å²) in [7, 11) is 0. The molecule has 0 aromatic heterocycles. The highest BCUT2D eigenvalue weighted by Gasteiger charge is 2.77. The van der Waals surface area contributed by atoms with Gasteiger partial charge in [-0.3, -0.25) is 19.2 Å². The normalized spacial score (nSPS) is 44.9. The van der Waals surface area contributed by atoms with E-state index in [0.717, 1.165) is 0 Å². The number of esters is 1. The van der Waals surface area contributed by atoms with Crippen molar-refractivity contribution in [1.82, 2.24) is 0 Å². The van der Waals surface area contributed by atoms with E-state index in [4.69, 9.17) is 4.74 Å². The lowest BCUT2D eigenvalue weighted by molar-refractivity contribution is -0.187. The van der Waals surface area contributed by atoms with Crippen LogP contribution in [0.4, 0.5) is 4.39 Å². The van der Waals surface area contributed by atoms with Crippen LogP contribution in [0.2, 0.25) is 0 Å². The number of alkyl halides is 2. The van der Waals surface area contributed by atoms with E-state index < -0.39 is 64.0 Å². The Morgan fingerprint density at radius 2 is 2.00 bits per heavy atom. The molecule has 4 rings (SSSR count). The van der Waals surface area contributed by atoms with Gasteiger partial charge in [-0.25, -0.2) is 4.39 Å². The Labute approximate surface area is 200 Å². The third-order valence-electron chi connectivity index (χ3n) is 8.78. The van der Waals surface area contributed by atoms with Crippen LogP contribution in [0, 0.1) is 28.6 Å². The van der Waals surface area contributed by atoms with Crippen LogP contribution in [-0.4, -0.2) is 50.7 Å². The third-order valence-corrected chi connectivity index (χ3v) is 10.1. The molecule has 4 aliphatic rings. The smallest absolute Gasteiger partial charge is 0.303 e. The summed E-state index contributed by atoms with van der Waals surface area (Å²) >= 11 is 2.08. The van der Waals surface area contributed by atoms with Gasteiger partial charge in [0, 0.05) is 34.5 Å². The summed E-state index contributed by atoms with van der Waals surface area (Å²) < 4.78 is 22.2. The number of ketones is 3. The van der Waals surface area contributed by atoms with E-state index in [1.807, 2.05) is 0 Å². The molecule has 7 atom stereocenters. The molecule has 1 N–H and O–H groups in total. The highest BCUT2D eigenvalue weighted by Crippen LogP contribution is 2.70. The van der Waals surface area contributed by atoms with Crippen molar-refractivity contribution in [2.45, 2.75) is 57.7 Å². The maximum absolute atomic E-state index is 17.0. The number of halogens is 2. The lowest BCUT2D eigenvalue weighted by Gasteiger charge is -2.60. The van der Waals surface area contributed by atoms with E-state index in [-0.39, 0.29) is 12.2 Å². The molecular weight excluding hydrogens is 530 g/mol. The van der Waals surface area contributed by atoms with Crippen LogP contribution in [0.5, 0.6) is 0 Å². The van der Waals surface area contributed by atoms with Crippen molar-refractivity contribution in [2.24, 2.45) is 28.6 Å². The summed E-state index contributed by atoms with van der Waals surface area (Å²) in [4.78, 5) is 50.0. The third kappa shape index (κ3) is 2.77. The molecule has 3 saturated carbocycles. The Bertz CT molecular complexity index is 974. The van der Waals surface area contributed by atoms with Crippen LogP contribution in [0.1, 0.15) is 46.5 Å². The predicted octanol–water partition coefficient (Wildman–Crippen LogP) is 3.09. The topological polar surface area (TPSA) is 97.7 Å². The van der Waals surface area contributed by atoms with Gasteiger partial charge >= 0.3 is 5.97 Å². The number of Topliss-reactive ketones (excluding diaryl/α,β-unsaturated/α-hetero) is 2. The van der Waals surface area contributed by atoms with Gasteiger partial charge in [-0.15, -0.1) is 0 Å². The van der Waals surface area contributed by atoms with Gasteiger partial charge in [0.15, 0.2) is 23.8 Å². The largest absolute Gasteiger partial charge is 0.458 e. The summed E-state index contributed by atoms with van der Waals surface area (Å²) in [6.07, 6.45) is 5.28. The Balaban J connectivity index is 1.80. The molecule has 174 valence electrons. The minimum atomic E-state index is -2.21. The number of ether oxygens (including phenoxy) is 1. The molecule has 3 unspecified atom stereocenters. The quantitative estimate of drug-likeness (QED) is 0.324. The zero-order valence-corrected chi connectivity index (χ0v) is 20.6. The molecule has 8 heteroatoms. The summed E-state index contributed by atoms with van der Waals surface area (Å²) in [5.74, 6) is -3.70. The average molecular weight is 558 g/mol. The van der Waals surface area contributed by atoms with Gasteiger partial charge in [0.1, 0.15) is 5.60 Å². The monoisotopic (exact) mass is 558 g/mol. The van der Waals surface area contributed by atoms with Crippen molar-refractivity contribution in [3.05, 3.63) is 23.8 Å². The second kappa shape index (κ2) is 7.55. The highest BCUT2D eigenvalue weighted by atomic mass is 127. The van der Waals surface area contributed by atoms with E-state index in [1.165, 1.54) is 25.2 Å². The van der Waals surface area contributed by atoms with Gasteiger partial charge in [0.25, 0.3) is 0 Å². The fraction of sp³-hybridized carbons (Fsp3) is 0.667. The molecule has 0 aliphatic heterocycles.